The summed E-state index contributed by atoms with van der Waals surface area (Å²) in [5.74, 6) is 0. The molecule has 1 aliphatic heterocycles. The van der Waals surface area contributed by atoms with Crippen LogP contribution >= 0.6 is 11.8 Å². The second-order valence-electron chi connectivity index (χ2n) is 5.19. The van der Waals surface area contributed by atoms with Gasteiger partial charge in [0, 0.05) is 16.2 Å². The van der Waals surface area contributed by atoms with Gasteiger partial charge in [-0.05, 0) is 50.3 Å². The summed E-state index contributed by atoms with van der Waals surface area (Å²) in [6.07, 6.45) is 6.42. The molecule has 1 aromatic rings. The molecule has 0 aliphatic carbocycles. The SMILES string of the molecule is CCCNC(CC)CCC1Cc2ccccc2S1. The molecule has 2 atom stereocenters. The first-order chi connectivity index (χ1) is 8.83. The highest BCUT2D eigenvalue weighted by Crippen LogP contribution is 2.38. The Hall–Kier alpha value is -0.470. The Balaban J connectivity index is 1.75. The Morgan fingerprint density at radius 1 is 1.33 bits per heavy atom. The standard InChI is InChI=1S/C16H25NS/c1-3-11-17-14(4-2)9-10-15-12-13-7-5-6-8-16(13)18-15/h5-8,14-15,17H,3-4,9-12H2,1-2H3. The van der Waals surface area contributed by atoms with Crippen LogP contribution in [0.5, 0.6) is 0 Å². The summed E-state index contributed by atoms with van der Waals surface area (Å²) in [6.45, 7) is 5.70. The molecule has 2 rings (SSSR count). The summed E-state index contributed by atoms with van der Waals surface area (Å²) in [4.78, 5) is 1.51. The van der Waals surface area contributed by atoms with Crippen LogP contribution in [0.2, 0.25) is 0 Å². The summed E-state index contributed by atoms with van der Waals surface area (Å²) < 4.78 is 0. The zero-order valence-corrected chi connectivity index (χ0v) is 12.4. The van der Waals surface area contributed by atoms with Crippen molar-refractivity contribution >= 4 is 11.8 Å². The fraction of sp³-hybridized carbons (Fsp3) is 0.625. The molecule has 1 aromatic carbocycles. The van der Waals surface area contributed by atoms with E-state index in [9.17, 15) is 0 Å². The zero-order valence-electron chi connectivity index (χ0n) is 11.6. The lowest BCUT2D eigenvalue weighted by Gasteiger charge is -2.18. The molecule has 0 saturated heterocycles. The van der Waals surface area contributed by atoms with E-state index in [0.717, 1.165) is 11.8 Å². The lowest BCUT2D eigenvalue weighted by atomic mass is 10.0. The lowest BCUT2D eigenvalue weighted by Crippen LogP contribution is -2.29. The molecule has 0 saturated carbocycles. The Kier molecular flexibility index (Phi) is 5.58. The molecule has 100 valence electrons. The maximum Gasteiger partial charge on any atom is 0.0136 e. The van der Waals surface area contributed by atoms with Crippen LogP contribution in [0.1, 0.15) is 45.1 Å². The van der Waals surface area contributed by atoms with Gasteiger partial charge in [-0.1, -0.05) is 32.0 Å². The van der Waals surface area contributed by atoms with Gasteiger partial charge < -0.3 is 5.32 Å². The van der Waals surface area contributed by atoms with Crippen molar-refractivity contribution in [3.63, 3.8) is 0 Å². The summed E-state index contributed by atoms with van der Waals surface area (Å²) in [5.41, 5.74) is 1.56. The van der Waals surface area contributed by atoms with Crippen LogP contribution in [0, 0.1) is 0 Å². The van der Waals surface area contributed by atoms with Crippen molar-refractivity contribution < 1.29 is 0 Å². The van der Waals surface area contributed by atoms with E-state index in [1.807, 2.05) is 0 Å². The van der Waals surface area contributed by atoms with Gasteiger partial charge in [-0.15, -0.1) is 11.8 Å². The van der Waals surface area contributed by atoms with Crippen LogP contribution in [0.3, 0.4) is 0 Å². The highest BCUT2D eigenvalue weighted by molar-refractivity contribution is 8.00. The van der Waals surface area contributed by atoms with E-state index in [0.29, 0.717) is 6.04 Å². The molecule has 0 aromatic heterocycles. The van der Waals surface area contributed by atoms with Crippen molar-refractivity contribution in [3.05, 3.63) is 29.8 Å². The monoisotopic (exact) mass is 263 g/mol. The van der Waals surface area contributed by atoms with Crippen molar-refractivity contribution in [3.8, 4) is 0 Å². The molecule has 18 heavy (non-hydrogen) atoms. The van der Waals surface area contributed by atoms with Crippen molar-refractivity contribution in [1.29, 1.82) is 0 Å². The average Bonchev–Trinajstić information content (AvgIpc) is 2.81. The van der Waals surface area contributed by atoms with Gasteiger partial charge in [0.25, 0.3) is 0 Å². The van der Waals surface area contributed by atoms with E-state index in [1.165, 1.54) is 37.0 Å². The summed E-state index contributed by atoms with van der Waals surface area (Å²) in [7, 11) is 0. The summed E-state index contributed by atoms with van der Waals surface area (Å²) in [6, 6.07) is 9.60. The summed E-state index contributed by atoms with van der Waals surface area (Å²) in [5, 5.41) is 4.46. The second kappa shape index (κ2) is 7.20. The molecule has 2 heteroatoms. The smallest absolute Gasteiger partial charge is 0.0136 e. The maximum atomic E-state index is 3.65. The van der Waals surface area contributed by atoms with E-state index in [4.69, 9.17) is 0 Å². The fourth-order valence-electron chi connectivity index (χ4n) is 2.60. The lowest BCUT2D eigenvalue weighted by molar-refractivity contribution is 0.453. The van der Waals surface area contributed by atoms with Gasteiger partial charge in [0.15, 0.2) is 0 Å². The minimum atomic E-state index is 0.717. The Morgan fingerprint density at radius 2 is 2.17 bits per heavy atom. The normalized spacial score (nSPS) is 19.8. The van der Waals surface area contributed by atoms with Crippen LogP contribution in [-0.4, -0.2) is 17.8 Å². The maximum absolute atomic E-state index is 3.65. The Labute approximate surface area is 116 Å². The van der Waals surface area contributed by atoms with Gasteiger partial charge in [-0.3, -0.25) is 0 Å². The molecule has 0 bridgehead atoms. The van der Waals surface area contributed by atoms with Crippen LogP contribution in [0.25, 0.3) is 0 Å². The topological polar surface area (TPSA) is 12.0 Å². The van der Waals surface area contributed by atoms with Crippen molar-refractivity contribution in [1.82, 2.24) is 5.32 Å². The minimum absolute atomic E-state index is 0.717. The van der Waals surface area contributed by atoms with Gasteiger partial charge in [0.1, 0.15) is 0 Å². The fourth-order valence-corrected chi connectivity index (χ4v) is 3.94. The molecule has 0 radical (unpaired) electrons. The average molecular weight is 263 g/mol. The van der Waals surface area contributed by atoms with Crippen LogP contribution in [0.4, 0.5) is 0 Å². The molecular formula is C16H25NS. The van der Waals surface area contributed by atoms with E-state index in [-0.39, 0.29) is 0 Å². The molecule has 0 fully saturated rings. The third kappa shape index (κ3) is 3.76. The second-order valence-corrected chi connectivity index (χ2v) is 6.53. The van der Waals surface area contributed by atoms with Gasteiger partial charge in [-0.2, -0.15) is 0 Å². The first-order valence-corrected chi connectivity index (χ1v) is 8.19. The summed E-state index contributed by atoms with van der Waals surface area (Å²) >= 11 is 2.08. The highest BCUT2D eigenvalue weighted by Gasteiger charge is 2.22. The number of thioether (sulfide) groups is 1. The number of benzene rings is 1. The molecule has 1 aliphatic rings. The predicted octanol–water partition coefficient (Wildman–Crippen LogP) is 4.26. The van der Waals surface area contributed by atoms with Crippen molar-refractivity contribution in [2.24, 2.45) is 0 Å². The van der Waals surface area contributed by atoms with Gasteiger partial charge >= 0.3 is 0 Å². The first kappa shape index (κ1) is 14.0. The first-order valence-electron chi connectivity index (χ1n) is 7.31. The molecule has 0 spiro atoms. The largest absolute Gasteiger partial charge is 0.314 e. The molecule has 0 amide bonds. The van der Waals surface area contributed by atoms with E-state index < -0.39 is 0 Å². The van der Waals surface area contributed by atoms with E-state index in [2.05, 4.69) is 55.2 Å². The zero-order chi connectivity index (χ0) is 12.8. The van der Waals surface area contributed by atoms with Crippen LogP contribution < -0.4 is 5.32 Å². The highest BCUT2D eigenvalue weighted by atomic mass is 32.2. The molecule has 1 N–H and O–H groups in total. The number of fused-ring (bicyclic) bond motifs is 1. The van der Waals surface area contributed by atoms with E-state index in [1.54, 1.807) is 5.56 Å². The van der Waals surface area contributed by atoms with Crippen molar-refractivity contribution in [2.75, 3.05) is 6.54 Å². The van der Waals surface area contributed by atoms with Gasteiger partial charge in [0.2, 0.25) is 0 Å². The number of hydrogen-bond acceptors (Lipinski definition) is 2. The van der Waals surface area contributed by atoms with Gasteiger partial charge in [0.05, 0.1) is 0 Å². The third-order valence-corrected chi connectivity index (χ3v) is 5.11. The van der Waals surface area contributed by atoms with Gasteiger partial charge in [-0.25, -0.2) is 0 Å². The molecule has 2 unspecified atom stereocenters. The minimum Gasteiger partial charge on any atom is -0.314 e. The number of nitrogens with one attached hydrogen (secondary N) is 1. The predicted molar refractivity (Wildman–Crippen MR) is 81.4 cm³/mol. The Bertz CT molecular complexity index is 339. The van der Waals surface area contributed by atoms with E-state index >= 15 is 0 Å². The van der Waals surface area contributed by atoms with Crippen LogP contribution in [-0.2, 0) is 6.42 Å². The third-order valence-electron chi connectivity index (χ3n) is 3.73. The quantitative estimate of drug-likeness (QED) is 0.789. The van der Waals surface area contributed by atoms with Crippen molar-refractivity contribution in [2.45, 2.75) is 62.1 Å². The molecule has 1 heterocycles. The number of hydrogen-bond donors (Lipinski definition) is 1. The molecular weight excluding hydrogens is 238 g/mol. The molecule has 1 nitrogen and oxygen atoms in total. The number of rotatable bonds is 7. The Morgan fingerprint density at radius 3 is 2.89 bits per heavy atom. The van der Waals surface area contributed by atoms with Crippen LogP contribution in [0.15, 0.2) is 29.2 Å².